The molecular formula is C12H15FO3S. The van der Waals surface area contributed by atoms with Crippen molar-refractivity contribution in [2.75, 3.05) is 5.75 Å². The van der Waals surface area contributed by atoms with E-state index >= 15 is 0 Å². The molecule has 3 nitrogen and oxygen atoms in total. The highest BCUT2D eigenvalue weighted by molar-refractivity contribution is 7.98. The number of aliphatic hydroxyl groups is 1. The molecule has 1 unspecified atom stereocenters. The Bertz CT molecular complexity index is 353. The van der Waals surface area contributed by atoms with Crippen molar-refractivity contribution in [2.24, 2.45) is 0 Å². The first-order valence-electron chi connectivity index (χ1n) is 5.30. The lowest BCUT2D eigenvalue weighted by molar-refractivity contribution is -0.139. The Labute approximate surface area is 104 Å². The van der Waals surface area contributed by atoms with E-state index in [-0.39, 0.29) is 12.2 Å². The Kier molecular flexibility index (Phi) is 6.00. The Morgan fingerprint density at radius 2 is 2.00 bits per heavy atom. The van der Waals surface area contributed by atoms with Gasteiger partial charge in [0.05, 0.1) is 12.5 Å². The predicted molar refractivity (Wildman–Crippen MR) is 65.4 cm³/mol. The molecule has 0 aromatic heterocycles. The summed E-state index contributed by atoms with van der Waals surface area (Å²) in [5.74, 6) is 0.183. The smallest absolute Gasteiger partial charge is 0.305 e. The summed E-state index contributed by atoms with van der Waals surface area (Å²) < 4.78 is 12.6. The van der Waals surface area contributed by atoms with E-state index in [0.717, 1.165) is 11.3 Å². The van der Waals surface area contributed by atoms with Crippen LogP contribution < -0.4 is 0 Å². The number of hydrogen-bond acceptors (Lipinski definition) is 3. The molecular weight excluding hydrogens is 243 g/mol. The van der Waals surface area contributed by atoms with Crippen LogP contribution in [0.1, 0.15) is 18.4 Å². The van der Waals surface area contributed by atoms with Crippen LogP contribution in [0.25, 0.3) is 0 Å². The molecule has 94 valence electrons. The minimum atomic E-state index is -0.985. The zero-order chi connectivity index (χ0) is 12.7. The summed E-state index contributed by atoms with van der Waals surface area (Å²) in [6.45, 7) is 0. The van der Waals surface area contributed by atoms with Gasteiger partial charge in [-0.25, -0.2) is 4.39 Å². The lowest BCUT2D eigenvalue weighted by atomic mass is 10.2. The molecule has 1 aromatic carbocycles. The number of hydrogen-bond donors (Lipinski definition) is 2. The summed E-state index contributed by atoms with van der Waals surface area (Å²) in [6, 6.07) is 6.26. The minimum Gasteiger partial charge on any atom is -0.481 e. The van der Waals surface area contributed by atoms with Crippen molar-refractivity contribution in [3.05, 3.63) is 35.6 Å². The summed E-state index contributed by atoms with van der Waals surface area (Å²) >= 11 is 1.59. The molecule has 1 aromatic rings. The zero-order valence-corrected chi connectivity index (χ0v) is 10.1. The van der Waals surface area contributed by atoms with Gasteiger partial charge in [0.25, 0.3) is 0 Å². The minimum absolute atomic E-state index is 0.211. The second-order valence-corrected chi connectivity index (χ2v) is 4.82. The van der Waals surface area contributed by atoms with Crippen molar-refractivity contribution in [3.63, 3.8) is 0 Å². The largest absolute Gasteiger partial charge is 0.481 e. The first-order valence-corrected chi connectivity index (χ1v) is 6.45. The molecule has 0 saturated heterocycles. The number of carboxylic acid groups (broad SMARTS) is 1. The Morgan fingerprint density at radius 1 is 1.35 bits per heavy atom. The van der Waals surface area contributed by atoms with Gasteiger partial charge in [0.2, 0.25) is 0 Å². The zero-order valence-electron chi connectivity index (χ0n) is 9.30. The van der Waals surface area contributed by atoms with Crippen LogP contribution in [0.2, 0.25) is 0 Å². The van der Waals surface area contributed by atoms with Crippen molar-refractivity contribution < 1.29 is 19.4 Å². The lowest BCUT2D eigenvalue weighted by Gasteiger charge is -2.07. The lowest BCUT2D eigenvalue weighted by Crippen LogP contribution is -2.13. The van der Waals surface area contributed by atoms with E-state index in [1.165, 1.54) is 12.1 Å². The molecule has 5 heteroatoms. The number of halogens is 1. The SMILES string of the molecule is O=C(O)CC(O)CCSCc1ccc(F)cc1. The molecule has 0 aliphatic carbocycles. The third-order valence-corrected chi connectivity index (χ3v) is 3.25. The second-order valence-electron chi connectivity index (χ2n) is 3.72. The maximum absolute atomic E-state index is 12.6. The third-order valence-electron chi connectivity index (χ3n) is 2.19. The average Bonchev–Trinajstić information content (AvgIpc) is 2.26. The van der Waals surface area contributed by atoms with Crippen LogP contribution in [0, 0.1) is 5.82 Å². The Hall–Kier alpha value is -1.07. The highest BCUT2D eigenvalue weighted by atomic mass is 32.2. The van der Waals surface area contributed by atoms with Crippen LogP contribution in [0.5, 0.6) is 0 Å². The molecule has 0 saturated carbocycles. The number of carbonyl (C=O) groups is 1. The van der Waals surface area contributed by atoms with Crippen LogP contribution in [-0.2, 0) is 10.5 Å². The molecule has 17 heavy (non-hydrogen) atoms. The standard InChI is InChI=1S/C12H15FO3S/c13-10-3-1-9(2-4-10)8-17-6-5-11(14)7-12(15)16/h1-4,11,14H,5-8H2,(H,15,16). The fraction of sp³-hybridized carbons (Fsp3) is 0.417. The van der Waals surface area contributed by atoms with Gasteiger partial charge in [0.15, 0.2) is 0 Å². The van der Waals surface area contributed by atoms with E-state index in [1.807, 2.05) is 0 Å². The number of benzene rings is 1. The van der Waals surface area contributed by atoms with E-state index in [2.05, 4.69) is 0 Å². The van der Waals surface area contributed by atoms with Gasteiger partial charge in [-0.2, -0.15) is 11.8 Å². The van der Waals surface area contributed by atoms with Crippen LogP contribution >= 0.6 is 11.8 Å². The molecule has 0 radical (unpaired) electrons. The number of carboxylic acids is 1. The number of aliphatic carboxylic acids is 1. The highest BCUT2D eigenvalue weighted by Crippen LogP contribution is 2.15. The van der Waals surface area contributed by atoms with Gasteiger partial charge in [-0.1, -0.05) is 12.1 Å². The Balaban J connectivity index is 2.15. The number of thioether (sulfide) groups is 1. The molecule has 0 fully saturated rings. The molecule has 0 amide bonds. The summed E-state index contributed by atoms with van der Waals surface area (Å²) in [4.78, 5) is 10.3. The topological polar surface area (TPSA) is 57.5 Å². The number of aliphatic hydroxyl groups excluding tert-OH is 1. The first kappa shape index (κ1) is 14.0. The molecule has 0 heterocycles. The monoisotopic (exact) mass is 258 g/mol. The summed E-state index contributed by atoms with van der Waals surface area (Å²) in [7, 11) is 0. The predicted octanol–water partition coefficient (Wildman–Crippen LogP) is 2.28. The van der Waals surface area contributed by atoms with Crippen molar-refractivity contribution in [1.82, 2.24) is 0 Å². The van der Waals surface area contributed by atoms with E-state index in [0.29, 0.717) is 12.2 Å². The van der Waals surface area contributed by atoms with Crippen LogP contribution in [0.15, 0.2) is 24.3 Å². The summed E-state index contributed by atoms with van der Waals surface area (Å²) in [5, 5.41) is 17.8. The third kappa shape index (κ3) is 6.28. The Morgan fingerprint density at radius 3 is 2.59 bits per heavy atom. The quantitative estimate of drug-likeness (QED) is 0.737. The normalized spacial score (nSPS) is 12.4. The van der Waals surface area contributed by atoms with Crippen molar-refractivity contribution >= 4 is 17.7 Å². The average molecular weight is 258 g/mol. The molecule has 1 atom stereocenters. The maximum atomic E-state index is 12.6. The maximum Gasteiger partial charge on any atom is 0.305 e. The molecule has 0 spiro atoms. The van der Waals surface area contributed by atoms with Gasteiger partial charge < -0.3 is 10.2 Å². The second kappa shape index (κ2) is 7.29. The van der Waals surface area contributed by atoms with Gasteiger partial charge in [-0.3, -0.25) is 4.79 Å². The van der Waals surface area contributed by atoms with Gasteiger partial charge in [0.1, 0.15) is 5.82 Å². The van der Waals surface area contributed by atoms with E-state index < -0.39 is 12.1 Å². The van der Waals surface area contributed by atoms with Crippen LogP contribution in [0.4, 0.5) is 4.39 Å². The highest BCUT2D eigenvalue weighted by Gasteiger charge is 2.08. The van der Waals surface area contributed by atoms with Crippen LogP contribution in [-0.4, -0.2) is 28.0 Å². The van der Waals surface area contributed by atoms with Gasteiger partial charge >= 0.3 is 5.97 Å². The van der Waals surface area contributed by atoms with Gasteiger partial charge in [0, 0.05) is 5.75 Å². The number of rotatable bonds is 7. The molecule has 2 N–H and O–H groups in total. The summed E-state index contributed by atoms with van der Waals surface area (Å²) in [6.07, 6.45) is -0.539. The molecule has 0 aliphatic heterocycles. The van der Waals surface area contributed by atoms with Gasteiger partial charge in [-0.05, 0) is 29.9 Å². The van der Waals surface area contributed by atoms with Crippen molar-refractivity contribution in [1.29, 1.82) is 0 Å². The van der Waals surface area contributed by atoms with Gasteiger partial charge in [-0.15, -0.1) is 0 Å². The molecule has 1 rings (SSSR count). The van der Waals surface area contributed by atoms with E-state index in [9.17, 15) is 14.3 Å². The summed E-state index contributed by atoms with van der Waals surface area (Å²) in [5.41, 5.74) is 1.02. The van der Waals surface area contributed by atoms with E-state index in [4.69, 9.17) is 5.11 Å². The fourth-order valence-corrected chi connectivity index (χ4v) is 2.30. The van der Waals surface area contributed by atoms with Crippen molar-refractivity contribution in [3.8, 4) is 0 Å². The van der Waals surface area contributed by atoms with Crippen molar-refractivity contribution in [2.45, 2.75) is 24.7 Å². The molecule has 0 bridgehead atoms. The first-order chi connectivity index (χ1) is 8.08. The molecule has 0 aliphatic rings. The fourth-order valence-electron chi connectivity index (χ4n) is 1.29. The van der Waals surface area contributed by atoms with E-state index in [1.54, 1.807) is 23.9 Å². The van der Waals surface area contributed by atoms with Crippen LogP contribution in [0.3, 0.4) is 0 Å².